The highest BCUT2D eigenvalue weighted by atomic mass is 16.5. The molecule has 0 aliphatic rings. The summed E-state index contributed by atoms with van der Waals surface area (Å²) in [6, 6.07) is -0.549. The van der Waals surface area contributed by atoms with Gasteiger partial charge in [0.1, 0.15) is 0 Å². The van der Waals surface area contributed by atoms with Gasteiger partial charge < -0.3 is 20.3 Å². The van der Waals surface area contributed by atoms with Gasteiger partial charge in [-0.25, -0.2) is 0 Å². The summed E-state index contributed by atoms with van der Waals surface area (Å²) in [5.74, 6) is -0.0403. The Morgan fingerprint density at radius 2 is 0.635 bits per heavy atom. The van der Waals surface area contributed by atoms with Gasteiger partial charge in [0.2, 0.25) is 5.91 Å². The first-order valence-electron chi connectivity index (χ1n) is 33.6. The average molecular weight is 1040 g/mol. The van der Waals surface area contributed by atoms with E-state index < -0.39 is 12.1 Å². The zero-order valence-electron chi connectivity index (χ0n) is 50.1. The van der Waals surface area contributed by atoms with Crippen LogP contribution in [0.2, 0.25) is 0 Å². The lowest BCUT2D eigenvalue weighted by Crippen LogP contribution is -2.45. The second kappa shape index (κ2) is 63.9. The van der Waals surface area contributed by atoms with E-state index in [1.54, 1.807) is 0 Å². The fraction of sp³-hybridized carbons (Fsp3) is 0.912. The van der Waals surface area contributed by atoms with Crippen molar-refractivity contribution >= 4 is 11.9 Å². The number of esters is 1. The van der Waals surface area contributed by atoms with Crippen LogP contribution in [0.3, 0.4) is 0 Å². The van der Waals surface area contributed by atoms with E-state index in [0.29, 0.717) is 25.9 Å². The number of rotatable bonds is 63. The molecule has 0 spiro atoms. The molecule has 74 heavy (non-hydrogen) atoms. The third kappa shape index (κ3) is 59.6. The van der Waals surface area contributed by atoms with Crippen molar-refractivity contribution in [2.24, 2.45) is 0 Å². The molecule has 0 aromatic heterocycles. The molecule has 1 amide bonds. The number of ether oxygens (including phenoxy) is 1. The lowest BCUT2D eigenvalue weighted by atomic mass is 10.0. The molecule has 2 atom stereocenters. The zero-order valence-corrected chi connectivity index (χ0v) is 50.1. The lowest BCUT2D eigenvalue weighted by molar-refractivity contribution is -0.143. The van der Waals surface area contributed by atoms with E-state index in [0.717, 1.165) is 44.9 Å². The Hall–Kier alpha value is -1.66. The van der Waals surface area contributed by atoms with Crippen molar-refractivity contribution < 1.29 is 24.5 Å². The molecule has 0 aliphatic carbocycles. The minimum Gasteiger partial charge on any atom is -0.466 e. The molecule has 0 radical (unpaired) electrons. The molecule has 6 nitrogen and oxygen atoms in total. The minimum absolute atomic E-state index is 0.000280. The van der Waals surface area contributed by atoms with Crippen LogP contribution in [0, 0.1) is 0 Å². The van der Waals surface area contributed by atoms with Crippen molar-refractivity contribution in [3.63, 3.8) is 0 Å². The quantitative estimate of drug-likeness (QED) is 0.0320. The number of allylic oxidation sites excluding steroid dienone is 4. The van der Waals surface area contributed by atoms with Crippen LogP contribution in [-0.2, 0) is 14.3 Å². The van der Waals surface area contributed by atoms with Crippen LogP contribution in [0.15, 0.2) is 24.3 Å². The van der Waals surface area contributed by atoms with Crippen LogP contribution in [-0.4, -0.2) is 47.4 Å². The largest absolute Gasteiger partial charge is 0.466 e. The number of nitrogens with one attached hydrogen (secondary N) is 1. The third-order valence-corrected chi connectivity index (χ3v) is 15.7. The molecule has 0 rings (SSSR count). The monoisotopic (exact) mass is 1040 g/mol. The van der Waals surface area contributed by atoms with Crippen molar-refractivity contribution in [1.82, 2.24) is 5.32 Å². The van der Waals surface area contributed by atoms with Gasteiger partial charge in [-0.1, -0.05) is 308 Å². The van der Waals surface area contributed by atoms with Crippen molar-refractivity contribution in [2.75, 3.05) is 13.2 Å². The summed E-state index contributed by atoms with van der Waals surface area (Å²) in [5.41, 5.74) is 0. The Balaban J connectivity index is 3.43. The van der Waals surface area contributed by atoms with E-state index in [1.807, 2.05) is 0 Å². The SMILES string of the molecule is CCCCCCCCC/C=C\CCCCCCCC(=O)OCCCCCCCCCCC/C=C\CCCCCCCCCC(=O)NC(CO)C(O)CCCCCCCCCCCCCCCCCCCCCCC. The molecule has 0 saturated carbocycles. The number of carbonyl (C=O) groups excluding carboxylic acids is 2. The number of unbranched alkanes of at least 4 members (excludes halogenated alkanes) is 48. The Kier molecular flexibility index (Phi) is 62.4. The second-order valence-corrected chi connectivity index (χ2v) is 23.1. The maximum atomic E-state index is 12.5. The lowest BCUT2D eigenvalue weighted by Gasteiger charge is -2.22. The number of amides is 1. The Bertz CT molecular complexity index is 1150. The van der Waals surface area contributed by atoms with E-state index in [-0.39, 0.29) is 18.5 Å². The van der Waals surface area contributed by atoms with Gasteiger partial charge in [0.15, 0.2) is 0 Å². The molecular formula is C68H131NO5. The minimum atomic E-state index is -0.671. The van der Waals surface area contributed by atoms with Gasteiger partial charge in [-0.15, -0.1) is 0 Å². The highest BCUT2D eigenvalue weighted by molar-refractivity contribution is 5.76. The van der Waals surface area contributed by atoms with Gasteiger partial charge in [0.25, 0.3) is 0 Å². The topological polar surface area (TPSA) is 95.9 Å². The highest BCUT2D eigenvalue weighted by Gasteiger charge is 2.20. The molecule has 438 valence electrons. The fourth-order valence-corrected chi connectivity index (χ4v) is 10.6. The van der Waals surface area contributed by atoms with Gasteiger partial charge in [-0.2, -0.15) is 0 Å². The summed E-state index contributed by atoms with van der Waals surface area (Å²) < 4.78 is 5.49. The Labute approximate surface area is 462 Å². The van der Waals surface area contributed by atoms with E-state index in [4.69, 9.17) is 4.74 Å². The van der Waals surface area contributed by atoms with E-state index in [9.17, 15) is 19.8 Å². The van der Waals surface area contributed by atoms with E-state index >= 15 is 0 Å². The number of aliphatic hydroxyl groups excluding tert-OH is 2. The number of carbonyl (C=O) groups is 2. The molecule has 0 bridgehead atoms. The summed E-state index contributed by atoms with van der Waals surface area (Å²) in [6.07, 6.45) is 79.1. The molecule has 0 fully saturated rings. The maximum absolute atomic E-state index is 12.5. The molecule has 0 heterocycles. The van der Waals surface area contributed by atoms with Crippen LogP contribution in [0.4, 0.5) is 0 Å². The predicted molar refractivity (Wildman–Crippen MR) is 324 cm³/mol. The van der Waals surface area contributed by atoms with Crippen molar-refractivity contribution in [3.8, 4) is 0 Å². The van der Waals surface area contributed by atoms with Gasteiger partial charge in [-0.3, -0.25) is 9.59 Å². The van der Waals surface area contributed by atoms with Crippen LogP contribution in [0.5, 0.6) is 0 Å². The predicted octanol–water partition coefficient (Wildman–Crippen LogP) is 21.4. The average Bonchev–Trinajstić information content (AvgIpc) is 3.40. The molecule has 2 unspecified atom stereocenters. The fourth-order valence-electron chi connectivity index (χ4n) is 10.6. The standard InChI is InChI=1S/C68H131NO5/c1-3-5-7-9-11-13-15-17-19-21-22-23-26-29-32-36-40-44-48-52-56-60-66(71)65(64-70)69-67(72)61-57-53-49-45-41-37-33-30-27-24-25-28-31-35-39-43-47-51-55-59-63-74-68(73)62-58-54-50-46-42-38-34-20-18-16-14-12-10-8-6-4-2/h20,24,27,34,65-66,70-71H,3-19,21-23,25-26,28-33,35-64H2,1-2H3,(H,69,72)/b27-24-,34-20-. The van der Waals surface area contributed by atoms with E-state index in [2.05, 4.69) is 43.5 Å². The van der Waals surface area contributed by atoms with E-state index in [1.165, 1.54) is 295 Å². The van der Waals surface area contributed by atoms with Crippen LogP contribution in [0.25, 0.3) is 0 Å². The molecule has 0 aromatic rings. The van der Waals surface area contributed by atoms with Crippen LogP contribution in [0.1, 0.15) is 373 Å². The summed E-state index contributed by atoms with van der Waals surface area (Å²) in [4.78, 5) is 24.6. The van der Waals surface area contributed by atoms with Crippen molar-refractivity contribution in [3.05, 3.63) is 24.3 Å². The summed E-state index contributed by atoms with van der Waals surface area (Å²) in [7, 11) is 0. The van der Waals surface area contributed by atoms with Crippen molar-refractivity contribution in [1.29, 1.82) is 0 Å². The third-order valence-electron chi connectivity index (χ3n) is 15.7. The summed E-state index contributed by atoms with van der Waals surface area (Å²) in [5, 5.41) is 23.4. The van der Waals surface area contributed by atoms with Gasteiger partial charge in [0.05, 0.1) is 25.4 Å². The summed E-state index contributed by atoms with van der Waals surface area (Å²) in [6.45, 7) is 4.97. The molecule has 0 saturated heterocycles. The van der Waals surface area contributed by atoms with Crippen LogP contribution >= 0.6 is 0 Å². The maximum Gasteiger partial charge on any atom is 0.305 e. The normalized spacial score (nSPS) is 12.6. The molecule has 0 aliphatic heterocycles. The van der Waals surface area contributed by atoms with Gasteiger partial charge in [-0.05, 0) is 77.0 Å². The molecule has 3 N–H and O–H groups in total. The molecule has 0 aromatic carbocycles. The second-order valence-electron chi connectivity index (χ2n) is 23.1. The van der Waals surface area contributed by atoms with Crippen molar-refractivity contribution in [2.45, 2.75) is 386 Å². The zero-order chi connectivity index (χ0) is 53.6. The Morgan fingerprint density at radius 3 is 0.959 bits per heavy atom. The first kappa shape index (κ1) is 72.3. The highest BCUT2D eigenvalue weighted by Crippen LogP contribution is 2.18. The van der Waals surface area contributed by atoms with Gasteiger partial charge in [0, 0.05) is 12.8 Å². The first-order valence-corrected chi connectivity index (χ1v) is 33.6. The number of aliphatic hydroxyl groups is 2. The van der Waals surface area contributed by atoms with Gasteiger partial charge >= 0.3 is 5.97 Å². The number of hydrogen-bond acceptors (Lipinski definition) is 5. The van der Waals surface area contributed by atoms with Crippen LogP contribution < -0.4 is 5.32 Å². The summed E-state index contributed by atoms with van der Waals surface area (Å²) >= 11 is 0. The first-order chi connectivity index (χ1) is 36.5. The molecule has 6 heteroatoms. The molecular weight excluding hydrogens is 911 g/mol. The Morgan fingerprint density at radius 1 is 0.365 bits per heavy atom. The number of hydrogen-bond donors (Lipinski definition) is 3. The smallest absolute Gasteiger partial charge is 0.305 e.